The van der Waals surface area contributed by atoms with E-state index >= 15 is 0 Å². The molecule has 2 aromatic carbocycles. The van der Waals surface area contributed by atoms with Crippen molar-refractivity contribution in [3.63, 3.8) is 0 Å². The molecule has 0 fully saturated rings. The number of alkyl halides is 3. The molecule has 108 valence electrons. The van der Waals surface area contributed by atoms with Crippen LogP contribution >= 0.6 is 34.2 Å². The maximum Gasteiger partial charge on any atom is 0.417 e. The average molecular weight is 423 g/mol. The number of rotatable bonds is 2. The van der Waals surface area contributed by atoms with Gasteiger partial charge in [0.1, 0.15) is 0 Å². The topological polar surface area (TPSA) is 35.8 Å². The van der Waals surface area contributed by atoms with Gasteiger partial charge in [-0.25, -0.2) is 0 Å². The molecule has 0 radical (unpaired) electrons. The minimum absolute atomic E-state index is 0.403. The van der Waals surface area contributed by atoms with Gasteiger partial charge in [0.05, 0.1) is 22.9 Å². The summed E-state index contributed by atoms with van der Waals surface area (Å²) in [5.74, 6) is 0. The zero-order valence-corrected chi connectivity index (χ0v) is 13.2. The zero-order chi connectivity index (χ0) is 15.6. The number of hydrogen-bond acceptors (Lipinski definition) is 2. The Morgan fingerprint density at radius 3 is 2.43 bits per heavy atom. The van der Waals surface area contributed by atoms with E-state index in [1.807, 2.05) is 0 Å². The van der Waals surface area contributed by atoms with Crippen molar-refractivity contribution < 1.29 is 13.2 Å². The second-order valence-electron chi connectivity index (χ2n) is 4.12. The lowest BCUT2D eigenvalue weighted by atomic mass is 10.1. The van der Waals surface area contributed by atoms with Crippen LogP contribution in [0.2, 0.25) is 5.02 Å². The number of anilines is 2. The summed E-state index contributed by atoms with van der Waals surface area (Å²) in [6, 6.07) is 10.0. The fraction of sp³-hybridized carbons (Fsp3) is 0.0714. The molecule has 2 nitrogen and oxygen atoms in total. The summed E-state index contributed by atoms with van der Waals surface area (Å²) in [6.45, 7) is 0. The highest BCUT2D eigenvalue weighted by Crippen LogP contribution is 2.34. The van der Waals surface area contributed by atoms with Crippen LogP contribution in [0.3, 0.4) is 0 Å². The first-order chi connectivity index (χ1) is 9.81. The van der Waals surface area contributed by atoms with Crippen molar-refractivity contribution in [3.8, 4) is 6.07 Å². The van der Waals surface area contributed by atoms with Gasteiger partial charge >= 0.3 is 6.18 Å². The van der Waals surface area contributed by atoms with Crippen LogP contribution in [0, 0.1) is 14.9 Å². The van der Waals surface area contributed by atoms with Gasteiger partial charge < -0.3 is 5.32 Å². The minimum atomic E-state index is -4.54. The Bertz CT molecular complexity index is 723. The summed E-state index contributed by atoms with van der Waals surface area (Å²) in [7, 11) is 0. The third-order valence-corrected chi connectivity index (χ3v) is 3.78. The first-order valence-electron chi connectivity index (χ1n) is 5.64. The lowest BCUT2D eigenvalue weighted by Gasteiger charge is -2.12. The number of nitrogens with one attached hydrogen (secondary N) is 1. The Kier molecular flexibility index (Phi) is 4.64. The summed E-state index contributed by atoms with van der Waals surface area (Å²) in [5.41, 5.74) is -0.263. The third-order valence-electron chi connectivity index (χ3n) is 2.66. The minimum Gasteiger partial charge on any atom is -0.355 e. The summed E-state index contributed by atoms with van der Waals surface area (Å²) in [4.78, 5) is 0. The molecule has 21 heavy (non-hydrogen) atoms. The number of nitrogens with zero attached hydrogens (tertiary/aromatic N) is 1. The molecule has 7 heteroatoms. The van der Waals surface area contributed by atoms with Crippen LogP contribution in [0.5, 0.6) is 0 Å². The Hall–Kier alpha value is -1.46. The van der Waals surface area contributed by atoms with Crippen LogP contribution in [0.15, 0.2) is 36.4 Å². The molecule has 1 N–H and O–H groups in total. The normalized spacial score (nSPS) is 11.0. The Balaban J connectivity index is 2.36. The van der Waals surface area contributed by atoms with Crippen LogP contribution < -0.4 is 5.32 Å². The molecule has 0 aromatic heterocycles. The van der Waals surface area contributed by atoms with Crippen molar-refractivity contribution in [2.45, 2.75) is 6.18 Å². The monoisotopic (exact) mass is 422 g/mol. The summed E-state index contributed by atoms with van der Waals surface area (Å²) in [6.07, 6.45) is -4.54. The largest absolute Gasteiger partial charge is 0.417 e. The second-order valence-corrected chi connectivity index (χ2v) is 5.72. The van der Waals surface area contributed by atoms with Gasteiger partial charge in [-0.3, -0.25) is 0 Å². The van der Waals surface area contributed by atoms with E-state index in [4.69, 9.17) is 16.9 Å². The van der Waals surface area contributed by atoms with Gasteiger partial charge in [0.2, 0.25) is 0 Å². The Morgan fingerprint density at radius 2 is 1.86 bits per heavy atom. The van der Waals surface area contributed by atoms with E-state index in [-0.39, 0.29) is 0 Å². The molecular formula is C14H7ClF3IN2. The highest BCUT2D eigenvalue weighted by atomic mass is 127. The first-order valence-corrected chi connectivity index (χ1v) is 7.10. The van der Waals surface area contributed by atoms with E-state index in [1.54, 1.807) is 24.3 Å². The van der Waals surface area contributed by atoms with E-state index in [0.29, 0.717) is 16.4 Å². The zero-order valence-electron chi connectivity index (χ0n) is 10.3. The van der Waals surface area contributed by atoms with Crippen LogP contribution in [0.1, 0.15) is 11.1 Å². The van der Waals surface area contributed by atoms with Crippen molar-refractivity contribution in [3.05, 3.63) is 56.1 Å². The SMILES string of the molecule is N#Cc1cc(Nc2ccc(Cl)cc2I)ccc1C(F)(F)F. The first kappa shape index (κ1) is 15.9. The van der Waals surface area contributed by atoms with Gasteiger partial charge in [-0.2, -0.15) is 18.4 Å². The van der Waals surface area contributed by atoms with Crippen molar-refractivity contribution in [1.82, 2.24) is 0 Å². The molecule has 0 bridgehead atoms. The molecule has 0 heterocycles. The average Bonchev–Trinajstić information content (AvgIpc) is 2.40. The van der Waals surface area contributed by atoms with Gasteiger partial charge in [-0.15, -0.1) is 0 Å². The van der Waals surface area contributed by atoms with Gasteiger partial charge in [0.25, 0.3) is 0 Å². The fourth-order valence-electron chi connectivity index (χ4n) is 1.71. The van der Waals surface area contributed by atoms with E-state index in [1.165, 1.54) is 12.1 Å². The van der Waals surface area contributed by atoms with E-state index in [0.717, 1.165) is 9.64 Å². The van der Waals surface area contributed by atoms with E-state index in [9.17, 15) is 13.2 Å². The molecule has 0 unspecified atom stereocenters. The number of nitriles is 1. The van der Waals surface area contributed by atoms with Gasteiger partial charge in [0.15, 0.2) is 0 Å². The molecule has 0 saturated heterocycles. The molecule has 0 atom stereocenters. The molecule has 0 saturated carbocycles. The maximum atomic E-state index is 12.7. The predicted molar refractivity (Wildman–Crippen MR) is 83.6 cm³/mol. The van der Waals surface area contributed by atoms with E-state index < -0.39 is 17.3 Å². The van der Waals surface area contributed by atoms with Crippen LogP contribution in [-0.2, 0) is 6.18 Å². The smallest absolute Gasteiger partial charge is 0.355 e. The van der Waals surface area contributed by atoms with Crippen molar-refractivity contribution in [2.75, 3.05) is 5.32 Å². The molecule has 2 rings (SSSR count). The summed E-state index contributed by atoms with van der Waals surface area (Å²) >= 11 is 7.90. The van der Waals surface area contributed by atoms with Crippen molar-refractivity contribution in [2.24, 2.45) is 0 Å². The van der Waals surface area contributed by atoms with Crippen LogP contribution in [0.4, 0.5) is 24.5 Å². The van der Waals surface area contributed by atoms with Gasteiger partial charge in [-0.1, -0.05) is 11.6 Å². The number of benzene rings is 2. The third kappa shape index (κ3) is 3.80. The molecule has 0 aliphatic heterocycles. The van der Waals surface area contributed by atoms with Gasteiger partial charge in [-0.05, 0) is 59.0 Å². The highest BCUT2D eigenvalue weighted by molar-refractivity contribution is 14.1. The van der Waals surface area contributed by atoms with Gasteiger partial charge in [0, 0.05) is 14.3 Å². The number of halogens is 5. The summed E-state index contributed by atoms with van der Waals surface area (Å²) in [5, 5.41) is 12.4. The molecule has 0 aliphatic carbocycles. The van der Waals surface area contributed by atoms with E-state index in [2.05, 4.69) is 27.9 Å². The quantitative estimate of drug-likeness (QED) is 0.642. The van der Waals surface area contributed by atoms with Crippen LogP contribution in [-0.4, -0.2) is 0 Å². The standard InChI is InChI=1S/C14H7ClF3IN2/c15-9-1-4-13(12(19)6-9)21-10-2-3-11(14(16,17)18)8(5-10)7-20/h1-6,21H. The Morgan fingerprint density at radius 1 is 1.14 bits per heavy atom. The summed E-state index contributed by atoms with van der Waals surface area (Å²) < 4.78 is 39.0. The lowest BCUT2D eigenvalue weighted by molar-refractivity contribution is -0.137. The molecule has 0 spiro atoms. The molecular weight excluding hydrogens is 416 g/mol. The maximum absolute atomic E-state index is 12.7. The predicted octanol–water partition coefficient (Wildman–Crippen LogP) is 5.58. The van der Waals surface area contributed by atoms with Crippen molar-refractivity contribution >= 4 is 45.6 Å². The second kappa shape index (κ2) is 6.12. The lowest BCUT2D eigenvalue weighted by Crippen LogP contribution is -2.08. The molecule has 0 aliphatic rings. The van der Waals surface area contributed by atoms with Crippen LogP contribution in [0.25, 0.3) is 0 Å². The molecule has 2 aromatic rings. The Labute approximate surface area is 137 Å². The number of hydrogen-bond donors (Lipinski definition) is 1. The fourth-order valence-corrected chi connectivity index (χ4v) is 2.71. The highest BCUT2D eigenvalue weighted by Gasteiger charge is 2.33. The van der Waals surface area contributed by atoms with Crippen molar-refractivity contribution in [1.29, 1.82) is 5.26 Å². The molecule has 0 amide bonds.